The molecule has 1 heterocycles. The molecule has 1 aliphatic heterocycles. The van der Waals surface area contributed by atoms with E-state index in [0.29, 0.717) is 24.2 Å². The predicted octanol–water partition coefficient (Wildman–Crippen LogP) is 3.62. The van der Waals surface area contributed by atoms with E-state index in [1.807, 2.05) is 6.07 Å². The van der Waals surface area contributed by atoms with Gasteiger partial charge in [-0.05, 0) is 53.8 Å². The first kappa shape index (κ1) is 20.3. The summed E-state index contributed by atoms with van der Waals surface area (Å²) in [7, 11) is 2.88. The normalized spacial score (nSPS) is 18.7. The third-order valence-corrected chi connectivity index (χ3v) is 6.34. The molecular formula is C25H24O7. The Kier molecular flexibility index (Phi) is 4.78. The SMILES string of the molecule is COc1cc([C@H]2Oc3cc(O)c4c(c3C[C@@H]2O)CCc2cc(O)ccc2-4)cc(OC)c1O. The maximum absolute atomic E-state index is 11.0. The fraction of sp³-hybridized carbons (Fsp3) is 0.280. The van der Waals surface area contributed by atoms with E-state index in [4.69, 9.17) is 14.2 Å². The van der Waals surface area contributed by atoms with Gasteiger partial charge in [0.1, 0.15) is 17.2 Å². The second kappa shape index (κ2) is 7.53. The van der Waals surface area contributed by atoms with Crippen LogP contribution in [0.15, 0.2) is 36.4 Å². The predicted molar refractivity (Wildman–Crippen MR) is 117 cm³/mol. The molecule has 0 radical (unpaired) electrons. The Labute approximate surface area is 185 Å². The van der Waals surface area contributed by atoms with Gasteiger partial charge < -0.3 is 34.6 Å². The van der Waals surface area contributed by atoms with Crippen LogP contribution in [-0.4, -0.2) is 40.7 Å². The highest BCUT2D eigenvalue weighted by molar-refractivity contribution is 5.81. The van der Waals surface area contributed by atoms with Crippen LogP contribution >= 0.6 is 0 Å². The van der Waals surface area contributed by atoms with Crippen molar-refractivity contribution in [1.82, 2.24) is 0 Å². The molecule has 2 aliphatic rings. The Balaban J connectivity index is 1.58. The van der Waals surface area contributed by atoms with Crippen molar-refractivity contribution in [3.05, 3.63) is 58.7 Å². The lowest BCUT2D eigenvalue weighted by molar-refractivity contribution is 0.0201. The zero-order valence-corrected chi connectivity index (χ0v) is 17.8. The minimum absolute atomic E-state index is 0.0985. The van der Waals surface area contributed by atoms with Gasteiger partial charge in [0.25, 0.3) is 0 Å². The molecule has 2 atom stereocenters. The maximum atomic E-state index is 11.0. The lowest BCUT2D eigenvalue weighted by atomic mass is 9.80. The largest absolute Gasteiger partial charge is 0.508 e. The summed E-state index contributed by atoms with van der Waals surface area (Å²) in [6, 6.07) is 9.95. The number of ether oxygens (including phenoxy) is 3. The van der Waals surface area contributed by atoms with E-state index in [-0.39, 0.29) is 28.7 Å². The monoisotopic (exact) mass is 436 g/mol. The fourth-order valence-corrected chi connectivity index (χ4v) is 4.83. The van der Waals surface area contributed by atoms with E-state index in [9.17, 15) is 20.4 Å². The van der Waals surface area contributed by atoms with Gasteiger partial charge in [-0.2, -0.15) is 0 Å². The number of aryl methyl sites for hydroxylation is 1. The maximum Gasteiger partial charge on any atom is 0.200 e. The molecule has 0 amide bonds. The molecule has 0 aromatic heterocycles. The van der Waals surface area contributed by atoms with Crippen LogP contribution < -0.4 is 14.2 Å². The first-order chi connectivity index (χ1) is 15.4. The van der Waals surface area contributed by atoms with Gasteiger partial charge in [0.2, 0.25) is 5.75 Å². The molecule has 0 bridgehead atoms. The van der Waals surface area contributed by atoms with Gasteiger partial charge in [-0.3, -0.25) is 0 Å². The molecule has 32 heavy (non-hydrogen) atoms. The van der Waals surface area contributed by atoms with E-state index in [1.165, 1.54) is 14.2 Å². The van der Waals surface area contributed by atoms with Crippen molar-refractivity contribution >= 4 is 0 Å². The summed E-state index contributed by atoms with van der Waals surface area (Å²) in [6.45, 7) is 0. The Morgan fingerprint density at radius 2 is 1.62 bits per heavy atom. The number of hydrogen-bond donors (Lipinski definition) is 4. The van der Waals surface area contributed by atoms with Crippen LogP contribution in [0, 0.1) is 0 Å². The number of hydrogen-bond acceptors (Lipinski definition) is 7. The Hall–Kier alpha value is -3.58. The number of aromatic hydroxyl groups is 3. The van der Waals surface area contributed by atoms with Gasteiger partial charge in [-0.25, -0.2) is 0 Å². The quantitative estimate of drug-likeness (QED) is 0.497. The summed E-state index contributed by atoms with van der Waals surface area (Å²) in [5, 5.41) is 41.9. The van der Waals surface area contributed by atoms with Crippen LogP contribution in [0.5, 0.6) is 34.5 Å². The molecule has 0 saturated carbocycles. The molecule has 3 aromatic carbocycles. The van der Waals surface area contributed by atoms with Gasteiger partial charge in [0.05, 0.1) is 20.3 Å². The van der Waals surface area contributed by atoms with Gasteiger partial charge >= 0.3 is 0 Å². The average molecular weight is 436 g/mol. The first-order valence-electron chi connectivity index (χ1n) is 10.4. The number of methoxy groups -OCH3 is 2. The Morgan fingerprint density at radius 3 is 2.31 bits per heavy atom. The van der Waals surface area contributed by atoms with Gasteiger partial charge in [-0.1, -0.05) is 6.07 Å². The number of aliphatic hydroxyl groups excluding tert-OH is 1. The van der Waals surface area contributed by atoms with Crippen LogP contribution in [0.3, 0.4) is 0 Å². The molecular weight excluding hydrogens is 412 g/mol. The average Bonchev–Trinajstić information content (AvgIpc) is 2.79. The summed E-state index contributed by atoms with van der Waals surface area (Å²) in [4.78, 5) is 0. The van der Waals surface area contributed by atoms with Crippen LogP contribution in [0.4, 0.5) is 0 Å². The Bertz CT molecular complexity index is 1190. The molecule has 0 unspecified atom stereocenters. The highest BCUT2D eigenvalue weighted by Crippen LogP contribution is 2.49. The Morgan fingerprint density at radius 1 is 0.906 bits per heavy atom. The van der Waals surface area contributed by atoms with Crippen LogP contribution in [0.25, 0.3) is 11.1 Å². The zero-order valence-electron chi connectivity index (χ0n) is 17.8. The smallest absolute Gasteiger partial charge is 0.200 e. The van der Waals surface area contributed by atoms with E-state index >= 15 is 0 Å². The third kappa shape index (κ3) is 3.08. The van der Waals surface area contributed by atoms with Gasteiger partial charge in [0, 0.05) is 29.2 Å². The highest BCUT2D eigenvalue weighted by atomic mass is 16.5. The van der Waals surface area contributed by atoms with E-state index in [2.05, 4.69) is 0 Å². The number of aliphatic hydroxyl groups is 1. The molecule has 0 spiro atoms. The van der Waals surface area contributed by atoms with E-state index < -0.39 is 12.2 Å². The van der Waals surface area contributed by atoms with Crippen molar-refractivity contribution in [2.24, 2.45) is 0 Å². The number of benzene rings is 3. The summed E-state index contributed by atoms with van der Waals surface area (Å²) < 4.78 is 16.6. The van der Waals surface area contributed by atoms with Crippen molar-refractivity contribution in [3.8, 4) is 45.6 Å². The molecule has 7 nitrogen and oxygen atoms in total. The second-order valence-electron chi connectivity index (χ2n) is 8.15. The van der Waals surface area contributed by atoms with Gasteiger partial charge in [0.15, 0.2) is 17.6 Å². The summed E-state index contributed by atoms with van der Waals surface area (Å²) in [6.07, 6.45) is 0.164. The summed E-state index contributed by atoms with van der Waals surface area (Å²) in [5.41, 5.74) is 5.01. The van der Waals surface area contributed by atoms with Gasteiger partial charge in [-0.15, -0.1) is 0 Å². The second-order valence-corrected chi connectivity index (χ2v) is 8.15. The molecule has 166 valence electrons. The third-order valence-electron chi connectivity index (χ3n) is 6.34. The zero-order chi connectivity index (χ0) is 22.6. The number of rotatable bonds is 3. The molecule has 5 rings (SSSR count). The van der Waals surface area contributed by atoms with Crippen molar-refractivity contribution in [2.45, 2.75) is 31.5 Å². The topological polar surface area (TPSA) is 109 Å². The van der Waals surface area contributed by atoms with Crippen molar-refractivity contribution in [1.29, 1.82) is 0 Å². The number of phenolic OH excluding ortho intramolecular Hbond substituents is 3. The number of fused-ring (bicyclic) bond motifs is 5. The molecule has 0 saturated heterocycles. The van der Waals surface area contributed by atoms with E-state index in [0.717, 1.165) is 34.2 Å². The molecule has 3 aromatic rings. The molecule has 4 N–H and O–H groups in total. The number of phenols is 3. The standard InChI is InChI=1S/C25H24O7/c1-30-21-8-13(9-22(31-2)24(21)29)25-19(28)10-17-16-5-3-12-7-14(26)4-6-15(12)23(16)18(27)11-20(17)32-25/h4,6-9,11,19,25-29H,3,5,10H2,1-2H3/t19-,25+/m0/s1. The molecule has 7 heteroatoms. The fourth-order valence-electron chi connectivity index (χ4n) is 4.83. The van der Waals surface area contributed by atoms with Crippen molar-refractivity contribution in [3.63, 3.8) is 0 Å². The minimum atomic E-state index is -0.851. The van der Waals surface area contributed by atoms with Crippen molar-refractivity contribution in [2.75, 3.05) is 14.2 Å². The summed E-state index contributed by atoms with van der Waals surface area (Å²) >= 11 is 0. The van der Waals surface area contributed by atoms with E-state index in [1.54, 1.807) is 30.3 Å². The lowest BCUT2D eigenvalue weighted by Crippen LogP contribution is -2.31. The highest BCUT2D eigenvalue weighted by Gasteiger charge is 2.35. The van der Waals surface area contributed by atoms with Crippen molar-refractivity contribution < 1.29 is 34.6 Å². The lowest BCUT2D eigenvalue weighted by Gasteiger charge is -2.34. The minimum Gasteiger partial charge on any atom is -0.508 e. The van der Waals surface area contributed by atoms with Crippen LogP contribution in [0.1, 0.15) is 28.4 Å². The molecule has 0 fully saturated rings. The summed E-state index contributed by atoms with van der Waals surface area (Å²) in [5.74, 6) is 1.13. The molecule has 1 aliphatic carbocycles. The van der Waals surface area contributed by atoms with Crippen LogP contribution in [0.2, 0.25) is 0 Å². The van der Waals surface area contributed by atoms with Crippen LogP contribution in [-0.2, 0) is 19.3 Å². The first-order valence-corrected chi connectivity index (χ1v) is 10.4.